The van der Waals surface area contributed by atoms with Crippen molar-refractivity contribution >= 4 is 21.5 Å². The van der Waals surface area contributed by atoms with E-state index in [0.717, 1.165) is 38.9 Å². The Hall–Kier alpha value is -6.71. The van der Waals surface area contributed by atoms with Crippen LogP contribution in [0.4, 0.5) is 0 Å². The molecule has 3 heteroatoms. The average Bonchev–Trinajstić information content (AvgIpc) is 3.21. The molecule has 0 atom stereocenters. The summed E-state index contributed by atoms with van der Waals surface area (Å²) < 4.78 is 0. The minimum absolute atomic E-state index is 0.640. The van der Waals surface area contributed by atoms with E-state index in [1.807, 2.05) is 36.4 Å². The molecule has 0 N–H and O–H groups in total. The van der Waals surface area contributed by atoms with Crippen LogP contribution in [-0.4, -0.2) is 15.0 Å². The smallest absolute Gasteiger partial charge is 0.164 e. The van der Waals surface area contributed by atoms with Crippen molar-refractivity contribution in [3.05, 3.63) is 188 Å². The molecular weight excluding hydrogens is 607 g/mol. The number of benzene rings is 8. The van der Waals surface area contributed by atoms with Crippen LogP contribution in [0.2, 0.25) is 0 Å². The Kier molecular flexibility index (Phi) is 7.49. The molecule has 0 bridgehead atoms. The van der Waals surface area contributed by atoms with Crippen molar-refractivity contribution in [2.45, 2.75) is 0 Å². The van der Waals surface area contributed by atoms with E-state index in [-0.39, 0.29) is 0 Å². The highest BCUT2D eigenvalue weighted by Gasteiger charge is 2.14. The van der Waals surface area contributed by atoms with Crippen LogP contribution in [0.1, 0.15) is 0 Å². The lowest BCUT2D eigenvalue weighted by molar-refractivity contribution is 1.07. The highest BCUT2D eigenvalue weighted by molar-refractivity contribution is 6.08. The average molecular weight is 638 g/mol. The van der Waals surface area contributed by atoms with Gasteiger partial charge < -0.3 is 0 Å². The second-order valence-electron chi connectivity index (χ2n) is 12.5. The van der Waals surface area contributed by atoms with Gasteiger partial charge in [-0.05, 0) is 73.1 Å². The topological polar surface area (TPSA) is 38.7 Å². The molecule has 0 amide bonds. The summed E-state index contributed by atoms with van der Waals surface area (Å²) in [6.07, 6.45) is 0. The van der Waals surface area contributed by atoms with Crippen LogP contribution in [0.15, 0.2) is 188 Å². The molecule has 8 aromatic carbocycles. The third-order valence-electron chi connectivity index (χ3n) is 9.31. The molecule has 0 radical (unpaired) electrons. The van der Waals surface area contributed by atoms with Crippen molar-refractivity contribution in [3.63, 3.8) is 0 Å². The van der Waals surface area contributed by atoms with Crippen LogP contribution in [0.5, 0.6) is 0 Å². The van der Waals surface area contributed by atoms with Crippen molar-refractivity contribution in [2.75, 3.05) is 0 Å². The minimum Gasteiger partial charge on any atom is -0.208 e. The molecular formula is C47H31N3. The second kappa shape index (κ2) is 12.7. The maximum atomic E-state index is 5.05. The molecule has 0 spiro atoms. The maximum Gasteiger partial charge on any atom is 0.164 e. The number of rotatable bonds is 6. The first kappa shape index (κ1) is 29.4. The molecule has 1 aromatic heterocycles. The SMILES string of the molecule is c1ccc(-c2cccc(-c3ccc(-c4nc(-c5ccccc5)nc(-c5cccc(-c6ccc7c(ccc8ccccc87)c6)c5)n4)cc3)c2)cc1. The zero-order valence-corrected chi connectivity index (χ0v) is 27.2. The van der Waals surface area contributed by atoms with E-state index in [1.165, 1.54) is 32.7 Å². The standard InChI is InChI=1S/C47H31N3/c1-3-11-32(12-4-1)37-16-9-17-38(29-37)33-21-24-36(25-22-33)46-48-45(35-14-5-2-6-15-35)49-47(50-46)42-19-10-18-39(31-42)40-27-28-44-41(30-40)26-23-34-13-7-8-20-43(34)44/h1-31H. The summed E-state index contributed by atoms with van der Waals surface area (Å²) in [7, 11) is 0. The van der Waals surface area contributed by atoms with Gasteiger partial charge in [-0.15, -0.1) is 0 Å². The van der Waals surface area contributed by atoms with Crippen LogP contribution in [0, 0.1) is 0 Å². The highest BCUT2D eigenvalue weighted by Crippen LogP contribution is 2.33. The number of fused-ring (bicyclic) bond motifs is 3. The summed E-state index contributed by atoms with van der Waals surface area (Å²) in [5, 5.41) is 5.00. The van der Waals surface area contributed by atoms with Gasteiger partial charge in [0, 0.05) is 16.7 Å². The van der Waals surface area contributed by atoms with Crippen molar-refractivity contribution in [1.29, 1.82) is 0 Å². The quantitative estimate of drug-likeness (QED) is 0.170. The first-order valence-corrected chi connectivity index (χ1v) is 16.9. The van der Waals surface area contributed by atoms with E-state index in [2.05, 4.69) is 152 Å². The Labute approximate surface area is 291 Å². The molecule has 3 nitrogen and oxygen atoms in total. The normalized spacial score (nSPS) is 11.2. The molecule has 0 unspecified atom stereocenters. The van der Waals surface area contributed by atoms with Gasteiger partial charge in [-0.3, -0.25) is 0 Å². The third-order valence-corrected chi connectivity index (χ3v) is 9.31. The maximum absolute atomic E-state index is 5.05. The monoisotopic (exact) mass is 637 g/mol. The van der Waals surface area contributed by atoms with E-state index in [1.54, 1.807) is 0 Å². The molecule has 50 heavy (non-hydrogen) atoms. The minimum atomic E-state index is 0.640. The molecule has 0 aliphatic heterocycles. The lowest BCUT2D eigenvalue weighted by Crippen LogP contribution is -2.00. The molecule has 0 saturated carbocycles. The van der Waals surface area contributed by atoms with Crippen LogP contribution in [0.25, 0.3) is 89.1 Å². The molecule has 0 aliphatic rings. The van der Waals surface area contributed by atoms with E-state index >= 15 is 0 Å². The number of hydrogen-bond acceptors (Lipinski definition) is 3. The van der Waals surface area contributed by atoms with E-state index in [4.69, 9.17) is 15.0 Å². The van der Waals surface area contributed by atoms with Gasteiger partial charge in [0.1, 0.15) is 0 Å². The third kappa shape index (κ3) is 5.72. The zero-order chi connectivity index (χ0) is 33.3. The molecule has 234 valence electrons. The Morgan fingerprint density at radius 1 is 0.220 bits per heavy atom. The fraction of sp³-hybridized carbons (Fsp3) is 0. The van der Waals surface area contributed by atoms with Crippen LogP contribution < -0.4 is 0 Å². The van der Waals surface area contributed by atoms with Gasteiger partial charge in [0.2, 0.25) is 0 Å². The Bertz CT molecular complexity index is 2630. The van der Waals surface area contributed by atoms with Gasteiger partial charge in [0.25, 0.3) is 0 Å². The van der Waals surface area contributed by atoms with Crippen LogP contribution in [0.3, 0.4) is 0 Å². The Balaban J connectivity index is 1.09. The van der Waals surface area contributed by atoms with E-state index < -0.39 is 0 Å². The molecule has 0 saturated heterocycles. The lowest BCUT2D eigenvalue weighted by Gasteiger charge is -2.11. The zero-order valence-electron chi connectivity index (χ0n) is 27.2. The number of nitrogens with zero attached hydrogens (tertiary/aromatic N) is 3. The molecule has 1 heterocycles. The summed E-state index contributed by atoms with van der Waals surface area (Å²) in [5.41, 5.74) is 9.80. The van der Waals surface area contributed by atoms with Gasteiger partial charge in [0.15, 0.2) is 17.5 Å². The fourth-order valence-corrected chi connectivity index (χ4v) is 6.70. The first-order chi connectivity index (χ1) is 24.7. The van der Waals surface area contributed by atoms with E-state index in [9.17, 15) is 0 Å². The van der Waals surface area contributed by atoms with Gasteiger partial charge >= 0.3 is 0 Å². The van der Waals surface area contributed by atoms with E-state index in [0.29, 0.717) is 17.5 Å². The van der Waals surface area contributed by atoms with Gasteiger partial charge in [-0.1, -0.05) is 170 Å². The van der Waals surface area contributed by atoms with Gasteiger partial charge in [0.05, 0.1) is 0 Å². The van der Waals surface area contributed by atoms with Crippen LogP contribution >= 0.6 is 0 Å². The van der Waals surface area contributed by atoms with Crippen molar-refractivity contribution < 1.29 is 0 Å². The predicted molar refractivity (Wildman–Crippen MR) is 207 cm³/mol. The summed E-state index contributed by atoms with van der Waals surface area (Å²) >= 11 is 0. The lowest BCUT2D eigenvalue weighted by atomic mass is 9.96. The number of aromatic nitrogens is 3. The van der Waals surface area contributed by atoms with Gasteiger partial charge in [-0.2, -0.15) is 0 Å². The van der Waals surface area contributed by atoms with Crippen molar-refractivity contribution in [2.24, 2.45) is 0 Å². The molecule has 0 fully saturated rings. The van der Waals surface area contributed by atoms with Crippen LogP contribution in [-0.2, 0) is 0 Å². The Morgan fingerprint density at radius 3 is 1.32 bits per heavy atom. The Morgan fingerprint density at radius 2 is 0.620 bits per heavy atom. The summed E-state index contributed by atoms with van der Waals surface area (Å²) in [5.74, 6) is 1.93. The fourth-order valence-electron chi connectivity index (χ4n) is 6.70. The number of hydrogen-bond donors (Lipinski definition) is 0. The summed E-state index contributed by atoms with van der Waals surface area (Å²) in [6.45, 7) is 0. The molecule has 9 rings (SSSR count). The molecule has 0 aliphatic carbocycles. The van der Waals surface area contributed by atoms with Crippen molar-refractivity contribution in [3.8, 4) is 67.5 Å². The van der Waals surface area contributed by atoms with Crippen molar-refractivity contribution in [1.82, 2.24) is 15.0 Å². The summed E-state index contributed by atoms with van der Waals surface area (Å²) in [4.78, 5) is 15.0. The largest absolute Gasteiger partial charge is 0.208 e. The first-order valence-electron chi connectivity index (χ1n) is 16.9. The molecule has 9 aromatic rings. The highest BCUT2D eigenvalue weighted by atomic mass is 15.0. The predicted octanol–water partition coefficient (Wildman–Crippen LogP) is 12.2. The second-order valence-corrected chi connectivity index (χ2v) is 12.5. The van der Waals surface area contributed by atoms with Gasteiger partial charge in [-0.25, -0.2) is 15.0 Å². The summed E-state index contributed by atoms with van der Waals surface area (Å²) in [6, 6.07) is 65.9.